The number of nitrogens with zero attached hydrogens (tertiary/aromatic N) is 1. The fourth-order valence-electron chi connectivity index (χ4n) is 1.22. The highest BCUT2D eigenvalue weighted by molar-refractivity contribution is 5.32. The lowest BCUT2D eigenvalue weighted by Crippen LogP contribution is -2.20. The monoisotopic (exact) mass is 242 g/mol. The molecule has 1 N–H and O–H groups in total. The van der Waals surface area contributed by atoms with Gasteiger partial charge in [-0.3, -0.25) is 5.32 Å². The largest absolute Gasteiger partial charge is 0.351 e. The Balaban J connectivity index is 2.93. The molecule has 17 heavy (non-hydrogen) atoms. The molecule has 0 aliphatic carbocycles. The van der Waals surface area contributed by atoms with Gasteiger partial charge in [0.2, 0.25) is 6.08 Å². The van der Waals surface area contributed by atoms with E-state index in [1.54, 1.807) is 6.08 Å². The van der Waals surface area contributed by atoms with E-state index in [9.17, 15) is 4.79 Å². The molecule has 5 heteroatoms. The van der Waals surface area contributed by atoms with Gasteiger partial charge in [-0.05, 0) is 19.4 Å². The Bertz CT molecular complexity index is 216. The van der Waals surface area contributed by atoms with Crippen molar-refractivity contribution in [3.05, 3.63) is 12.7 Å². The van der Waals surface area contributed by atoms with Gasteiger partial charge in [0, 0.05) is 0 Å². The van der Waals surface area contributed by atoms with Crippen LogP contribution in [0.25, 0.3) is 0 Å². The number of hydrogen-bond donors (Lipinski definition) is 1. The molecule has 0 aliphatic heterocycles. The highest BCUT2D eigenvalue weighted by atomic mass is 16.7. The van der Waals surface area contributed by atoms with Gasteiger partial charge < -0.3 is 9.47 Å². The van der Waals surface area contributed by atoms with Crippen LogP contribution in [0.15, 0.2) is 17.6 Å². The minimum atomic E-state index is 0.294. The predicted octanol–water partition coefficient (Wildman–Crippen LogP) is 1.61. The number of rotatable bonds is 13. The maximum atomic E-state index is 9.78. The normalized spacial score (nSPS) is 9.88. The summed E-state index contributed by atoms with van der Waals surface area (Å²) in [5, 5.41) is 3.15. The Morgan fingerprint density at radius 2 is 2.06 bits per heavy atom. The first kappa shape index (κ1) is 16.0. The van der Waals surface area contributed by atoms with E-state index in [0.29, 0.717) is 26.7 Å². The van der Waals surface area contributed by atoms with Crippen LogP contribution in [-0.2, 0) is 14.3 Å². The average molecular weight is 242 g/mol. The van der Waals surface area contributed by atoms with Gasteiger partial charge in [-0.2, -0.15) is 0 Å². The zero-order valence-electron chi connectivity index (χ0n) is 10.3. The number of isocyanates is 1. The molecule has 0 unspecified atom stereocenters. The van der Waals surface area contributed by atoms with Gasteiger partial charge in [0.25, 0.3) is 0 Å². The number of unbranched alkanes of at least 4 members (excludes halogenated alkanes) is 3. The van der Waals surface area contributed by atoms with E-state index >= 15 is 0 Å². The molecular weight excluding hydrogens is 220 g/mol. The highest BCUT2D eigenvalue weighted by Gasteiger charge is 1.90. The third kappa shape index (κ3) is 15.0. The zero-order chi connectivity index (χ0) is 12.6. The lowest BCUT2D eigenvalue weighted by molar-refractivity contribution is -0.0499. The standard InChI is InChI=1S/C12H22N2O3/c1-2-9-16-12-17-11-14-8-6-4-3-5-7-13-10-15/h2,14H,1,3-9,11-12H2. The summed E-state index contributed by atoms with van der Waals surface area (Å²) in [5.41, 5.74) is 0. The molecule has 0 aromatic carbocycles. The summed E-state index contributed by atoms with van der Waals surface area (Å²) in [6.07, 6.45) is 7.51. The predicted molar refractivity (Wildman–Crippen MR) is 66.4 cm³/mol. The van der Waals surface area contributed by atoms with E-state index in [-0.39, 0.29) is 0 Å². The molecule has 0 aliphatic rings. The minimum absolute atomic E-state index is 0.294. The summed E-state index contributed by atoms with van der Waals surface area (Å²) >= 11 is 0. The van der Waals surface area contributed by atoms with Crippen LogP contribution in [0.3, 0.4) is 0 Å². The highest BCUT2D eigenvalue weighted by Crippen LogP contribution is 1.98. The van der Waals surface area contributed by atoms with E-state index in [1.807, 2.05) is 0 Å². The first-order valence-electron chi connectivity index (χ1n) is 5.92. The van der Waals surface area contributed by atoms with E-state index in [0.717, 1.165) is 32.2 Å². The number of hydrogen-bond acceptors (Lipinski definition) is 5. The van der Waals surface area contributed by atoms with Crippen molar-refractivity contribution in [3.63, 3.8) is 0 Å². The quantitative estimate of drug-likeness (QED) is 0.175. The SMILES string of the molecule is C=CCOCOCNCCCCCCN=C=O. The first-order valence-corrected chi connectivity index (χ1v) is 5.92. The van der Waals surface area contributed by atoms with E-state index in [2.05, 4.69) is 16.9 Å². The maximum absolute atomic E-state index is 9.78. The molecule has 0 amide bonds. The van der Waals surface area contributed by atoms with Gasteiger partial charge in [0.15, 0.2) is 0 Å². The second-order valence-corrected chi connectivity index (χ2v) is 3.51. The van der Waals surface area contributed by atoms with Gasteiger partial charge in [-0.25, -0.2) is 9.79 Å². The van der Waals surface area contributed by atoms with Gasteiger partial charge >= 0.3 is 0 Å². The average Bonchev–Trinajstić information content (AvgIpc) is 2.35. The van der Waals surface area contributed by atoms with Crippen LogP contribution in [0.2, 0.25) is 0 Å². The molecule has 0 bridgehead atoms. The Morgan fingerprint density at radius 1 is 1.24 bits per heavy atom. The fraction of sp³-hybridized carbons (Fsp3) is 0.750. The van der Waals surface area contributed by atoms with Crippen molar-refractivity contribution >= 4 is 6.08 Å². The molecule has 0 aromatic heterocycles. The van der Waals surface area contributed by atoms with Crippen molar-refractivity contribution < 1.29 is 14.3 Å². The summed E-state index contributed by atoms with van der Waals surface area (Å²) in [6, 6.07) is 0. The third-order valence-electron chi connectivity index (χ3n) is 2.04. The van der Waals surface area contributed by atoms with Crippen LogP contribution in [0.1, 0.15) is 25.7 Å². The molecule has 0 saturated carbocycles. The topological polar surface area (TPSA) is 59.9 Å². The Labute approximate surface area is 103 Å². The van der Waals surface area contributed by atoms with Crippen LogP contribution < -0.4 is 5.32 Å². The molecule has 0 spiro atoms. The van der Waals surface area contributed by atoms with Crippen LogP contribution in [0, 0.1) is 0 Å². The van der Waals surface area contributed by atoms with E-state index in [4.69, 9.17) is 9.47 Å². The minimum Gasteiger partial charge on any atom is -0.351 e. The number of ether oxygens (including phenoxy) is 2. The van der Waals surface area contributed by atoms with Crippen LogP contribution >= 0.6 is 0 Å². The molecule has 0 atom stereocenters. The van der Waals surface area contributed by atoms with Gasteiger partial charge in [0.05, 0.1) is 19.9 Å². The lowest BCUT2D eigenvalue weighted by Gasteiger charge is -2.05. The van der Waals surface area contributed by atoms with Crippen molar-refractivity contribution in [1.82, 2.24) is 5.32 Å². The summed E-state index contributed by atoms with van der Waals surface area (Å²) in [4.78, 5) is 13.3. The summed E-state index contributed by atoms with van der Waals surface area (Å²) in [6.45, 7) is 6.38. The summed E-state index contributed by atoms with van der Waals surface area (Å²) in [7, 11) is 0. The number of aliphatic imine (C=N–C) groups is 1. The maximum Gasteiger partial charge on any atom is 0.234 e. The molecule has 0 radical (unpaired) electrons. The van der Waals surface area contributed by atoms with Crippen LogP contribution in [-0.4, -0.2) is 39.3 Å². The molecule has 0 heterocycles. The third-order valence-corrected chi connectivity index (χ3v) is 2.04. The van der Waals surface area contributed by atoms with Crippen molar-refractivity contribution in [3.8, 4) is 0 Å². The lowest BCUT2D eigenvalue weighted by atomic mass is 10.2. The van der Waals surface area contributed by atoms with Crippen LogP contribution in [0.4, 0.5) is 0 Å². The Morgan fingerprint density at radius 3 is 2.82 bits per heavy atom. The molecule has 0 aromatic rings. The summed E-state index contributed by atoms with van der Waals surface area (Å²) in [5.74, 6) is 0. The number of carbonyl (C=O) groups excluding carboxylic acids is 1. The van der Waals surface area contributed by atoms with Gasteiger partial charge in [0.1, 0.15) is 6.79 Å². The van der Waals surface area contributed by atoms with Crippen molar-refractivity contribution in [2.75, 3.05) is 33.2 Å². The van der Waals surface area contributed by atoms with Crippen molar-refractivity contribution in [2.45, 2.75) is 25.7 Å². The van der Waals surface area contributed by atoms with E-state index < -0.39 is 0 Å². The molecule has 5 nitrogen and oxygen atoms in total. The van der Waals surface area contributed by atoms with Gasteiger partial charge in [-0.1, -0.05) is 18.9 Å². The molecule has 0 saturated heterocycles. The Hall–Kier alpha value is -1.00. The molecular formula is C12H22N2O3. The second kappa shape index (κ2) is 15.0. The molecule has 0 rings (SSSR count). The first-order chi connectivity index (χ1) is 8.41. The van der Waals surface area contributed by atoms with Crippen molar-refractivity contribution in [2.24, 2.45) is 4.99 Å². The second-order valence-electron chi connectivity index (χ2n) is 3.51. The smallest absolute Gasteiger partial charge is 0.234 e. The van der Waals surface area contributed by atoms with Crippen molar-refractivity contribution in [1.29, 1.82) is 0 Å². The van der Waals surface area contributed by atoms with Crippen LogP contribution in [0.5, 0.6) is 0 Å². The van der Waals surface area contributed by atoms with Gasteiger partial charge in [-0.15, -0.1) is 6.58 Å². The number of nitrogens with one attached hydrogen (secondary N) is 1. The summed E-state index contributed by atoms with van der Waals surface area (Å²) < 4.78 is 10.2. The molecule has 0 fully saturated rings. The fourth-order valence-corrected chi connectivity index (χ4v) is 1.22. The zero-order valence-corrected chi connectivity index (χ0v) is 10.3. The molecule has 98 valence electrons. The Kier molecular flexibility index (Phi) is 14.1. The van der Waals surface area contributed by atoms with E-state index in [1.165, 1.54) is 6.08 Å².